The molecule has 0 aliphatic heterocycles. The fourth-order valence-electron chi connectivity index (χ4n) is 3.09. The number of benzene rings is 1. The zero-order valence-corrected chi connectivity index (χ0v) is 19.5. The second-order valence-corrected chi connectivity index (χ2v) is 9.45. The lowest BCUT2D eigenvalue weighted by molar-refractivity contribution is -0.115. The summed E-state index contributed by atoms with van der Waals surface area (Å²) in [6, 6.07) is 6.86. The van der Waals surface area contributed by atoms with Crippen molar-refractivity contribution in [2.75, 3.05) is 5.32 Å². The number of aryl methyl sites for hydroxylation is 1. The first-order chi connectivity index (χ1) is 14.6. The molecule has 8 nitrogen and oxygen atoms in total. The van der Waals surface area contributed by atoms with E-state index in [4.69, 9.17) is 11.6 Å². The number of anilines is 1. The molecule has 0 aliphatic carbocycles. The second kappa shape index (κ2) is 9.23. The van der Waals surface area contributed by atoms with E-state index in [1.165, 1.54) is 11.6 Å². The van der Waals surface area contributed by atoms with E-state index in [1.54, 1.807) is 38.1 Å². The summed E-state index contributed by atoms with van der Waals surface area (Å²) in [4.78, 5) is 47.2. The highest BCUT2D eigenvalue weighted by Gasteiger charge is 2.22. The van der Waals surface area contributed by atoms with Gasteiger partial charge in [-0.1, -0.05) is 43.3 Å². The molecule has 1 amide bonds. The van der Waals surface area contributed by atoms with Crippen LogP contribution in [0.2, 0.25) is 5.02 Å². The van der Waals surface area contributed by atoms with Gasteiger partial charge in [0.15, 0.2) is 5.65 Å². The van der Waals surface area contributed by atoms with E-state index in [0.29, 0.717) is 33.8 Å². The Balaban J connectivity index is 2.04. The first kappa shape index (κ1) is 23.0. The third-order valence-electron chi connectivity index (χ3n) is 4.56. The summed E-state index contributed by atoms with van der Waals surface area (Å²) < 4.78 is 2.56. The second-order valence-electron chi connectivity index (χ2n) is 7.69. The van der Waals surface area contributed by atoms with Gasteiger partial charge in [-0.25, -0.2) is 14.8 Å². The molecule has 0 saturated carbocycles. The topological polar surface area (TPSA) is 98.9 Å². The van der Waals surface area contributed by atoms with Crippen LogP contribution in [0.3, 0.4) is 0 Å². The largest absolute Gasteiger partial charge is 0.332 e. The first-order valence-corrected chi connectivity index (χ1v) is 11.1. The number of fused-ring (bicyclic) bond motifs is 1. The van der Waals surface area contributed by atoms with Crippen LogP contribution in [0, 0.1) is 12.8 Å². The van der Waals surface area contributed by atoms with Crippen molar-refractivity contribution in [2.45, 2.75) is 44.5 Å². The maximum atomic E-state index is 12.9. The van der Waals surface area contributed by atoms with Crippen molar-refractivity contribution < 1.29 is 4.79 Å². The van der Waals surface area contributed by atoms with Crippen molar-refractivity contribution in [2.24, 2.45) is 13.0 Å². The van der Waals surface area contributed by atoms with Gasteiger partial charge in [0.2, 0.25) is 5.91 Å². The summed E-state index contributed by atoms with van der Waals surface area (Å²) >= 11 is 7.13. The number of carbonyl (C=O) groups excluding carboxylic acids is 1. The molecule has 10 heteroatoms. The van der Waals surface area contributed by atoms with Gasteiger partial charge in [-0.15, -0.1) is 0 Å². The molecule has 1 aromatic carbocycles. The normalized spacial score (nSPS) is 12.4. The van der Waals surface area contributed by atoms with Gasteiger partial charge in [0, 0.05) is 24.3 Å². The van der Waals surface area contributed by atoms with E-state index < -0.39 is 16.5 Å². The molecular weight excluding hydrogens is 438 g/mol. The zero-order chi connectivity index (χ0) is 22.9. The van der Waals surface area contributed by atoms with E-state index in [2.05, 4.69) is 15.3 Å². The van der Waals surface area contributed by atoms with Crippen molar-refractivity contribution >= 4 is 46.0 Å². The molecule has 3 aromatic rings. The maximum Gasteiger partial charge on any atom is 0.332 e. The molecule has 2 heterocycles. The average molecular weight is 462 g/mol. The van der Waals surface area contributed by atoms with Gasteiger partial charge in [0.05, 0.1) is 5.25 Å². The summed E-state index contributed by atoms with van der Waals surface area (Å²) in [6.07, 6.45) is 0. The van der Waals surface area contributed by atoms with E-state index in [-0.39, 0.29) is 17.2 Å². The number of halogens is 1. The van der Waals surface area contributed by atoms with Gasteiger partial charge >= 0.3 is 5.69 Å². The summed E-state index contributed by atoms with van der Waals surface area (Å²) in [5.74, 6) is 0.332. The first-order valence-electron chi connectivity index (χ1n) is 9.79. The molecule has 31 heavy (non-hydrogen) atoms. The Labute approximate surface area is 188 Å². The third kappa shape index (κ3) is 4.99. The molecule has 0 fully saturated rings. The van der Waals surface area contributed by atoms with Crippen LogP contribution in [-0.2, 0) is 18.4 Å². The Hall–Kier alpha value is -2.65. The Morgan fingerprint density at radius 3 is 2.58 bits per heavy atom. The Morgan fingerprint density at radius 1 is 1.23 bits per heavy atom. The number of nitrogens with one attached hydrogen (secondary N) is 1. The van der Waals surface area contributed by atoms with Crippen LogP contribution in [0.4, 0.5) is 5.69 Å². The molecule has 0 aliphatic rings. The van der Waals surface area contributed by atoms with E-state index >= 15 is 0 Å². The minimum Gasteiger partial charge on any atom is -0.325 e. The number of thioether (sulfide) groups is 1. The van der Waals surface area contributed by atoms with Gasteiger partial charge < -0.3 is 5.32 Å². The lowest BCUT2D eigenvalue weighted by atomic mass is 10.2. The number of hydrogen-bond donors (Lipinski definition) is 1. The lowest BCUT2D eigenvalue weighted by Crippen LogP contribution is -2.39. The van der Waals surface area contributed by atoms with E-state index in [9.17, 15) is 14.4 Å². The molecule has 1 atom stereocenters. The van der Waals surface area contributed by atoms with Crippen molar-refractivity contribution in [3.63, 3.8) is 0 Å². The van der Waals surface area contributed by atoms with Crippen molar-refractivity contribution in [3.05, 3.63) is 56.0 Å². The Kier molecular flexibility index (Phi) is 6.86. The molecule has 0 radical (unpaired) electrons. The molecule has 3 rings (SSSR count). The minimum absolute atomic E-state index is 0.173. The summed E-state index contributed by atoms with van der Waals surface area (Å²) in [5.41, 5.74) is -0.0356. The zero-order valence-electron chi connectivity index (χ0n) is 18.0. The van der Waals surface area contributed by atoms with Gasteiger partial charge in [0.25, 0.3) is 5.56 Å². The van der Waals surface area contributed by atoms with Crippen LogP contribution < -0.4 is 16.6 Å². The maximum absolute atomic E-state index is 12.9. The van der Waals surface area contributed by atoms with Gasteiger partial charge in [-0.05, 0) is 38.0 Å². The van der Waals surface area contributed by atoms with Crippen LogP contribution in [-0.4, -0.2) is 30.3 Å². The van der Waals surface area contributed by atoms with Crippen LogP contribution in [0.5, 0.6) is 0 Å². The Bertz CT molecular complexity index is 1270. The highest BCUT2D eigenvalue weighted by molar-refractivity contribution is 8.00. The Morgan fingerprint density at radius 2 is 1.94 bits per heavy atom. The van der Waals surface area contributed by atoms with Crippen molar-refractivity contribution in [1.82, 2.24) is 19.1 Å². The van der Waals surface area contributed by atoms with Crippen LogP contribution in [0.15, 0.2) is 38.9 Å². The van der Waals surface area contributed by atoms with Gasteiger partial charge in [0.1, 0.15) is 16.2 Å². The van der Waals surface area contributed by atoms with E-state index in [0.717, 1.165) is 16.3 Å². The molecule has 0 spiro atoms. The molecule has 2 aromatic heterocycles. The van der Waals surface area contributed by atoms with Crippen LogP contribution in [0.25, 0.3) is 11.0 Å². The fraction of sp³-hybridized carbons (Fsp3) is 0.381. The molecule has 0 bridgehead atoms. The third-order valence-corrected chi connectivity index (χ3v) is 5.88. The quantitative estimate of drug-likeness (QED) is 0.447. The SMILES string of the molecule is Cc1nc(SC(C)C(=O)Nc2cccc(Cl)c2)c2c(=O)n(C)c(=O)n(CC(C)C)c2n1. The molecule has 164 valence electrons. The highest BCUT2D eigenvalue weighted by Crippen LogP contribution is 2.27. The fourth-order valence-corrected chi connectivity index (χ4v) is 4.26. The number of carbonyl (C=O) groups is 1. The molecule has 1 unspecified atom stereocenters. The molecule has 1 N–H and O–H groups in total. The van der Waals surface area contributed by atoms with Crippen molar-refractivity contribution in [1.29, 1.82) is 0 Å². The van der Waals surface area contributed by atoms with Gasteiger partial charge in [-0.3, -0.25) is 18.7 Å². The summed E-state index contributed by atoms with van der Waals surface area (Å²) in [7, 11) is 1.44. The number of amides is 1. The number of rotatable bonds is 6. The number of hydrogen-bond acceptors (Lipinski definition) is 6. The lowest BCUT2D eigenvalue weighted by Gasteiger charge is -2.16. The number of nitrogens with zero attached hydrogens (tertiary/aromatic N) is 4. The number of aromatic nitrogens is 4. The predicted molar refractivity (Wildman–Crippen MR) is 124 cm³/mol. The van der Waals surface area contributed by atoms with Crippen LogP contribution >= 0.6 is 23.4 Å². The smallest absolute Gasteiger partial charge is 0.325 e. The summed E-state index contributed by atoms with van der Waals surface area (Å²) in [5, 5.41) is 3.37. The highest BCUT2D eigenvalue weighted by atomic mass is 35.5. The monoisotopic (exact) mass is 461 g/mol. The molecular formula is C21H24ClN5O3S. The van der Waals surface area contributed by atoms with Crippen LogP contribution in [0.1, 0.15) is 26.6 Å². The molecule has 0 saturated heterocycles. The minimum atomic E-state index is -0.563. The average Bonchev–Trinajstić information content (AvgIpc) is 2.69. The van der Waals surface area contributed by atoms with Crippen molar-refractivity contribution in [3.8, 4) is 0 Å². The predicted octanol–water partition coefficient (Wildman–Crippen LogP) is 3.23. The summed E-state index contributed by atoms with van der Waals surface area (Å²) in [6.45, 7) is 7.80. The standard InChI is InChI=1S/C21H24ClN5O3S/c1-11(2)10-27-17-16(20(29)26(5)21(27)30)19(24-13(4)23-17)31-12(3)18(28)25-15-8-6-7-14(22)9-15/h6-9,11-12H,10H2,1-5H3,(H,25,28). The van der Waals surface area contributed by atoms with Gasteiger partial charge in [-0.2, -0.15) is 0 Å². The van der Waals surface area contributed by atoms with E-state index in [1.807, 2.05) is 13.8 Å².